The third-order valence-corrected chi connectivity index (χ3v) is 2.26. The highest BCUT2D eigenvalue weighted by molar-refractivity contribution is 5.66. The number of aromatic nitrogens is 1. The van der Waals surface area contributed by atoms with Gasteiger partial charge in [0.15, 0.2) is 0 Å². The molecule has 2 N–H and O–H groups in total. The van der Waals surface area contributed by atoms with Crippen LogP contribution >= 0.6 is 0 Å². The van der Waals surface area contributed by atoms with Crippen LogP contribution in [0.4, 0.5) is 0 Å². The molecule has 1 rings (SSSR count). The summed E-state index contributed by atoms with van der Waals surface area (Å²) in [6.45, 7) is 4.79. The summed E-state index contributed by atoms with van der Waals surface area (Å²) in [4.78, 5) is 22.1. The Bertz CT molecular complexity index is 451. The number of hydrogen-bond donors (Lipinski definition) is 2. The molecule has 1 aromatic rings. The monoisotopic (exact) mass is 236 g/mol. The van der Waals surface area contributed by atoms with Crippen LogP contribution in [-0.4, -0.2) is 22.2 Å². The number of carbonyl (C=O) groups is 1. The molecule has 0 amide bonds. The lowest BCUT2D eigenvalue weighted by Gasteiger charge is -2.06. The van der Waals surface area contributed by atoms with Crippen LogP contribution in [0.15, 0.2) is 35.8 Å². The van der Waals surface area contributed by atoms with E-state index in [1.807, 2.05) is 0 Å². The molecule has 0 fully saturated rings. The molecule has 0 spiro atoms. The van der Waals surface area contributed by atoms with Crippen molar-refractivity contribution in [2.45, 2.75) is 19.5 Å². The first kappa shape index (κ1) is 13.2. The summed E-state index contributed by atoms with van der Waals surface area (Å²) in [5.41, 5.74) is 0.551. The molecule has 0 aliphatic rings. The largest absolute Gasteiger partial charge is 0.481 e. The van der Waals surface area contributed by atoms with Crippen molar-refractivity contribution in [2.75, 3.05) is 6.54 Å². The van der Waals surface area contributed by atoms with Gasteiger partial charge in [-0.3, -0.25) is 9.59 Å². The van der Waals surface area contributed by atoms with Crippen molar-refractivity contribution in [2.24, 2.45) is 0 Å². The van der Waals surface area contributed by atoms with Gasteiger partial charge in [0.2, 0.25) is 0 Å². The zero-order valence-electron chi connectivity index (χ0n) is 9.56. The Morgan fingerprint density at radius 2 is 2.35 bits per heavy atom. The minimum atomic E-state index is -0.852. The van der Waals surface area contributed by atoms with E-state index in [0.717, 1.165) is 0 Å². The Morgan fingerprint density at radius 1 is 1.59 bits per heavy atom. The van der Waals surface area contributed by atoms with Gasteiger partial charge in [0.05, 0.1) is 6.42 Å². The number of carboxylic acids is 1. The standard InChI is InChI=1S/C12H16N2O3/c1-2-7-14-8-3-4-10(12(14)17)9-13-6-5-11(15)16/h2-4,8,13H,1,5-7,9H2,(H,15,16). The van der Waals surface area contributed by atoms with Gasteiger partial charge in [0.25, 0.3) is 5.56 Å². The smallest absolute Gasteiger partial charge is 0.304 e. The second kappa shape index (κ2) is 6.65. The Kier molecular flexibility index (Phi) is 5.16. The second-order valence-electron chi connectivity index (χ2n) is 3.60. The normalized spacial score (nSPS) is 10.1. The molecular formula is C12H16N2O3. The van der Waals surface area contributed by atoms with Gasteiger partial charge in [-0.15, -0.1) is 6.58 Å². The van der Waals surface area contributed by atoms with Gasteiger partial charge < -0.3 is 15.0 Å². The van der Waals surface area contributed by atoms with E-state index in [0.29, 0.717) is 25.2 Å². The SMILES string of the molecule is C=CCn1cccc(CNCCC(=O)O)c1=O. The highest BCUT2D eigenvalue weighted by atomic mass is 16.4. The van der Waals surface area contributed by atoms with Crippen LogP contribution in [0.1, 0.15) is 12.0 Å². The van der Waals surface area contributed by atoms with Crippen molar-refractivity contribution in [1.29, 1.82) is 0 Å². The summed E-state index contributed by atoms with van der Waals surface area (Å²) in [7, 11) is 0. The first-order chi connectivity index (χ1) is 8.15. The molecule has 1 heterocycles. The first-order valence-corrected chi connectivity index (χ1v) is 5.37. The molecule has 17 heavy (non-hydrogen) atoms. The molecule has 5 nitrogen and oxygen atoms in total. The van der Waals surface area contributed by atoms with Crippen molar-refractivity contribution in [1.82, 2.24) is 9.88 Å². The van der Waals surface area contributed by atoms with Gasteiger partial charge in [-0.1, -0.05) is 12.1 Å². The van der Waals surface area contributed by atoms with Crippen molar-refractivity contribution in [3.05, 3.63) is 46.9 Å². The van der Waals surface area contributed by atoms with Crippen LogP contribution in [0.25, 0.3) is 0 Å². The Morgan fingerprint density at radius 3 is 3.00 bits per heavy atom. The minimum absolute atomic E-state index is 0.0493. The van der Waals surface area contributed by atoms with Gasteiger partial charge in [-0.25, -0.2) is 0 Å². The number of aliphatic carboxylic acids is 1. The summed E-state index contributed by atoms with van der Waals surface area (Å²) >= 11 is 0. The number of hydrogen-bond acceptors (Lipinski definition) is 3. The maximum Gasteiger partial charge on any atom is 0.304 e. The second-order valence-corrected chi connectivity index (χ2v) is 3.60. The van der Waals surface area contributed by atoms with Gasteiger partial charge >= 0.3 is 5.97 Å². The van der Waals surface area contributed by atoms with Gasteiger partial charge in [-0.2, -0.15) is 0 Å². The van der Waals surface area contributed by atoms with Crippen molar-refractivity contribution < 1.29 is 9.90 Å². The number of nitrogens with one attached hydrogen (secondary N) is 1. The summed E-state index contributed by atoms with van der Waals surface area (Å²) < 4.78 is 1.56. The van der Waals surface area contributed by atoms with E-state index in [1.54, 1.807) is 29.0 Å². The van der Waals surface area contributed by atoms with Crippen molar-refractivity contribution in [3.8, 4) is 0 Å². The van der Waals surface area contributed by atoms with E-state index in [2.05, 4.69) is 11.9 Å². The molecule has 0 saturated heterocycles. The van der Waals surface area contributed by atoms with Crippen LogP contribution in [0.2, 0.25) is 0 Å². The van der Waals surface area contributed by atoms with E-state index in [9.17, 15) is 9.59 Å². The number of allylic oxidation sites excluding steroid dienone is 1. The van der Waals surface area contributed by atoms with Crippen LogP contribution in [0, 0.1) is 0 Å². The topological polar surface area (TPSA) is 71.3 Å². The van der Waals surface area contributed by atoms with Gasteiger partial charge in [-0.05, 0) is 6.07 Å². The lowest BCUT2D eigenvalue weighted by atomic mass is 10.2. The fourth-order valence-corrected chi connectivity index (χ4v) is 1.42. The first-order valence-electron chi connectivity index (χ1n) is 5.37. The third-order valence-electron chi connectivity index (χ3n) is 2.26. The maximum atomic E-state index is 11.8. The fraction of sp³-hybridized carbons (Fsp3) is 0.333. The quantitative estimate of drug-likeness (QED) is 0.537. The van der Waals surface area contributed by atoms with Crippen molar-refractivity contribution in [3.63, 3.8) is 0 Å². The number of nitrogens with zero attached hydrogens (tertiary/aromatic N) is 1. The average Bonchev–Trinajstić information content (AvgIpc) is 2.29. The molecule has 0 radical (unpaired) electrons. The zero-order chi connectivity index (χ0) is 12.7. The number of rotatable bonds is 7. The molecule has 1 aromatic heterocycles. The van der Waals surface area contributed by atoms with E-state index in [1.165, 1.54) is 0 Å². The van der Waals surface area contributed by atoms with E-state index in [-0.39, 0.29) is 12.0 Å². The highest BCUT2D eigenvalue weighted by Crippen LogP contribution is 1.92. The molecule has 0 bridgehead atoms. The van der Waals surface area contributed by atoms with Crippen molar-refractivity contribution >= 4 is 5.97 Å². The summed E-state index contributed by atoms with van der Waals surface area (Å²) in [6.07, 6.45) is 3.40. The lowest BCUT2D eigenvalue weighted by molar-refractivity contribution is -0.136. The molecule has 0 saturated carbocycles. The van der Waals surface area contributed by atoms with Crippen LogP contribution < -0.4 is 10.9 Å². The molecule has 0 unspecified atom stereocenters. The number of pyridine rings is 1. The van der Waals surface area contributed by atoms with E-state index < -0.39 is 5.97 Å². The van der Waals surface area contributed by atoms with Crippen LogP contribution in [0.3, 0.4) is 0 Å². The fourth-order valence-electron chi connectivity index (χ4n) is 1.42. The summed E-state index contributed by atoms with van der Waals surface area (Å²) in [6, 6.07) is 3.52. The summed E-state index contributed by atoms with van der Waals surface area (Å²) in [5, 5.41) is 11.4. The molecule has 5 heteroatoms. The van der Waals surface area contributed by atoms with E-state index >= 15 is 0 Å². The lowest BCUT2D eigenvalue weighted by Crippen LogP contribution is -2.27. The Hall–Kier alpha value is -1.88. The zero-order valence-corrected chi connectivity index (χ0v) is 9.56. The molecule has 0 aliphatic heterocycles. The van der Waals surface area contributed by atoms with Gasteiger partial charge in [0, 0.05) is 31.4 Å². The van der Waals surface area contributed by atoms with Crippen LogP contribution in [-0.2, 0) is 17.9 Å². The summed E-state index contributed by atoms with van der Waals surface area (Å²) in [5.74, 6) is -0.852. The molecule has 0 atom stereocenters. The molecular weight excluding hydrogens is 220 g/mol. The molecule has 0 aromatic carbocycles. The predicted molar refractivity (Wildman–Crippen MR) is 64.9 cm³/mol. The number of carboxylic acid groups (broad SMARTS) is 1. The minimum Gasteiger partial charge on any atom is -0.481 e. The third kappa shape index (κ3) is 4.24. The average molecular weight is 236 g/mol. The Balaban J connectivity index is 2.59. The Labute approximate surface area is 99.4 Å². The molecule has 0 aliphatic carbocycles. The van der Waals surface area contributed by atoms with E-state index in [4.69, 9.17) is 5.11 Å². The highest BCUT2D eigenvalue weighted by Gasteiger charge is 2.02. The maximum absolute atomic E-state index is 11.8. The predicted octanol–water partition coefficient (Wildman–Crippen LogP) is 0.599. The van der Waals surface area contributed by atoms with Crippen LogP contribution in [0.5, 0.6) is 0 Å². The van der Waals surface area contributed by atoms with Gasteiger partial charge in [0.1, 0.15) is 0 Å². The molecule has 92 valence electrons.